The van der Waals surface area contributed by atoms with Gasteiger partial charge in [0.15, 0.2) is 0 Å². The van der Waals surface area contributed by atoms with Crippen LogP contribution in [0.5, 0.6) is 0 Å². The molecule has 0 spiro atoms. The largest absolute Gasteiger partial charge is 0.306 e. The zero-order chi connectivity index (χ0) is 12.1. The zero-order valence-corrected chi connectivity index (χ0v) is 11.3. The monoisotopic (exact) mass is 256 g/mol. The molecule has 3 heteroatoms. The molecule has 1 unspecified atom stereocenters. The summed E-state index contributed by atoms with van der Waals surface area (Å²) in [4.78, 5) is 7.35. The first-order chi connectivity index (χ1) is 8.81. The predicted molar refractivity (Wildman–Crippen MR) is 75.9 cm³/mol. The maximum absolute atomic E-state index is 4.94. The van der Waals surface area contributed by atoms with E-state index >= 15 is 0 Å². The highest BCUT2D eigenvalue weighted by Crippen LogP contribution is 2.28. The molecule has 0 bridgehead atoms. The maximum atomic E-state index is 4.94. The van der Waals surface area contributed by atoms with E-state index in [0.29, 0.717) is 5.92 Å². The van der Waals surface area contributed by atoms with Gasteiger partial charge in [0.1, 0.15) is 0 Å². The van der Waals surface area contributed by atoms with Gasteiger partial charge in [-0.3, -0.25) is 0 Å². The van der Waals surface area contributed by atoms with Gasteiger partial charge in [0.05, 0.1) is 14.9 Å². The first-order valence-corrected chi connectivity index (χ1v) is 7.40. The van der Waals surface area contributed by atoms with E-state index in [1.54, 1.807) is 0 Å². The Balaban J connectivity index is 1.79. The molecule has 1 fully saturated rings. The van der Waals surface area contributed by atoms with Crippen LogP contribution in [0.15, 0.2) is 23.8 Å². The number of fused-ring (bicyclic) bond motifs is 2. The van der Waals surface area contributed by atoms with Gasteiger partial charge in [-0.15, -0.1) is 11.3 Å². The number of likely N-dealkylation sites (tertiary alicyclic amines) is 1. The lowest BCUT2D eigenvalue weighted by Crippen LogP contribution is -2.20. The average Bonchev–Trinajstić information content (AvgIpc) is 3.01. The summed E-state index contributed by atoms with van der Waals surface area (Å²) in [7, 11) is 2.20. The third-order valence-electron chi connectivity index (χ3n) is 4.07. The van der Waals surface area contributed by atoms with Gasteiger partial charge < -0.3 is 4.90 Å². The standard InChI is InChI=1S/C15H16N2S/c1-17-7-6-11(9-17)15-16-14-12-5-3-2-4-10(12)8-13(14)18-15/h2-4,8,11H,5-7,9H2,1H3. The maximum Gasteiger partial charge on any atom is 0.0982 e. The lowest BCUT2D eigenvalue weighted by atomic mass is 10.0. The molecule has 18 heavy (non-hydrogen) atoms. The van der Waals surface area contributed by atoms with Crippen molar-refractivity contribution in [2.75, 3.05) is 20.1 Å². The summed E-state index contributed by atoms with van der Waals surface area (Å²) in [6.45, 7) is 2.38. The molecule has 92 valence electrons. The van der Waals surface area contributed by atoms with E-state index in [1.165, 1.54) is 45.5 Å². The first-order valence-electron chi connectivity index (χ1n) is 6.58. The van der Waals surface area contributed by atoms with Gasteiger partial charge in [-0.1, -0.05) is 18.2 Å². The van der Waals surface area contributed by atoms with Gasteiger partial charge in [0.25, 0.3) is 0 Å². The van der Waals surface area contributed by atoms with Crippen LogP contribution in [0.4, 0.5) is 0 Å². The van der Waals surface area contributed by atoms with Crippen molar-refractivity contribution in [2.24, 2.45) is 0 Å². The Morgan fingerprint density at radius 2 is 2.39 bits per heavy atom. The van der Waals surface area contributed by atoms with Crippen molar-refractivity contribution < 1.29 is 0 Å². The predicted octanol–water partition coefficient (Wildman–Crippen LogP) is 1.39. The Hall–Kier alpha value is -1.19. The van der Waals surface area contributed by atoms with Gasteiger partial charge in [-0.25, -0.2) is 4.98 Å². The molecule has 0 N–H and O–H groups in total. The number of thiazole rings is 1. The van der Waals surface area contributed by atoms with Crippen LogP contribution in [0.3, 0.4) is 0 Å². The highest BCUT2D eigenvalue weighted by atomic mass is 32.1. The number of rotatable bonds is 1. The minimum atomic E-state index is 0.658. The summed E-state index contributed by atoms with van der Waals surface area (Å²) >= 11 is 1.90. The third-order valence-corrected chi connectivity index (χ3v) is 5.23. The molecular weight excluding hydrogens is 240 g/mol. The van der Waals surface area contributed by atoms with Gasteiger partial charge in [0, 0.05) is 12.5 Å². The van der Waals surface area contributed by atoms with Crippen LogP contribution in [0.2, 0.25) is 0 Å². The number of allylic oxidation sites excluding steroid dienone is 4. The SMILES string of the molecule is CN1CCC(c2nc3c(s2)=CC2=CC=CCC=32)C1. The number of hydrogen-bond donors (Lipinski definition) is 0. The van der Waals surface area contributed by atoms with E-state index in [1.807, 2.05) is 11.3 Å². The molecule has 3 aliphatic rings. The number of hydrogen-bond acceptors (Lipinski definition) is 3. The van der Waals surface area contributed by atoms with Crippen LogP contribution in [-0.2, 0) is 0 Å². The van der Waals surface area contributed by atoms with Crippen LogP contribution in [0.1, 0.15) is 23.8 Å². The van der Waals surface area contributed by atoms with Crippen LogP contribution < -0.4 is 9.88 Å². The van der Waals surface area contributed by atoms with E-state index < -0.39 is 0 Å². The topological polar surface area (TPSA) is 16.1 Å². The van der Waals surface area contributed by atoms with Gasteiger partial charge in [-0.2, -0.15) is 0 Å². The molecule has 1 aromatic heterocycles. The molecule has 1 atom stereocenters. The normalized spacial score (nSPS) is 25.9. The fraction of sp³-hybridized carbons (Fsp3) is 0.400. The summed E-state index contributed by atoms with van der Waals surface area (Å²) in [5.41, 5.74) is 2.81. The minimum Gasteiger partial charge on any atom is -0.306 e. The fourth-order valence-corrected chi connectivity index (χ4v) is 4.23. The quantitative estimate of drug-likeness (QED) is 0.755. The zero-order valence-electron chi connectivity index (χ0n) is 10.5. The molecular formula is C15H16N2S. The van der Waals surface area contributed by atoms with E-state index in [0.717, 1.165) is 6.42 Å². The van der Waals surface area contributed by atoms with Crippen LogP contribution in [-0.4, -0.2) is 30.0 Å². The summed E-state index contributed by atoms with van der Waals surface area (Å²) in [6, 6.07) is 0. The number of nitrogens with zero attached hydrogens (tertiary/aromatic N) is 2. The molecule has 1 aliphatic heterocycles. The molecule has 2 nitrogen and oxygen atoms in total. The highest BCUT2D eigenvalue weighted by molar-refractivity contribution is 7.09. The van der Waals surface area contributed by atoms with Crippen molar-refractivity contribution in [1.82, 2.24) is 9.88 Å². The highest BCUT2D eigenvalue weighted by Gasteiger charge is 2.25. The van der Waals surface area contributed by atoms with E-state index in [-0.39, 0.29) is 0 Å². The second kappa shape index (κ2) is 3.90. The lowest BCUT2D eigenvalue weighted by Gasteiger charge is -2.07. The fourth-order valence-electron chi connectivity index (χ4n) is 3.06. The summed E-state index contributed by atoms with van der Waals surface area (Å²) in [5.74, 6) is 0.658. The molecule has 4 rings (SSSR count). The Bertz CT molecular complexity index is 678. The lowest BCUT2D eigenvalue weighted by molar-refractivity contribution is 0.411. The van der Waals surface area contributed by atoms with Crippen LogP contribution >= 0.6 is 11.3 Å². The Kier molecular flexibility index (Phi) is 2.32. The van der Waals surface area contributed by atoms with Crippen LogP contribution in [0, 0.1) is 0 Å². The van der Waals surface area contributed by atoms with Crippen molar-refractivity contribution in [2.45, 2.75) is 18.8 Å². The number of likely N-dealkylation sites (N-methyl/N-ethyl adjacent to an activating group) is 1. The summed E-state index contributed by atoms with van der Waals surface area (Å²) < 4.78 is 1.38. The molecule has 2 aliphatic carbocycles. The Morgan fingerprint density at radius 3 is 3.22 bits per heavy atom. The van der Waals surface area contributed by atoms with E-state index in [2.05, 4.69) is 36.3 Å². The second-order valence-corrected chi connectivity index (χ2v) is 6.45. The second-order valence-electron chi connectivity index (χ2n) is 5.39. The van der Waals surface area contributed by atoms with Gasteiger partial charge >= 0.3 is 0 Å². The molecule has 0 saturated carbocycles. The Morgan fingerprint density at radius 1 is 1.44 bits per heavy atom. The van der Waals surface area contributed by atoms with Gasteiger partial charge in [0.2, 0.25) is 0 Å². The van der Waals surface area contributed by atoms with Crippen molar-refractivity contribution in [3.63, 3.8) is 0 Å². The smallest absolute Gasteiger partial charge is 0.0982 e. The molecule has 2 heterocycles. The number of aromatic nitrogens is 1. The third kappa shape index (κ3) is 1.54. The first kappa shape index (κ1) is 10.7. The van der Waals surface area contributed by atoms with Crippen molar-refractivity contribution in [1.29, 1.82) is 0 Å². The van der Waals surface area contributed by atoms with Crippen molar-refractivity contribution in [3.05, 3.63) is 38.7 Å². The van der Waals surface area contributed by atoms with E-state index in [4.69, 9.17) is 4.98 Å². The minimum absolute atomic E-state index is 0.658. The molecule has 1 saturated heterocycles. The van der Waals surface area contributed by atoms with Crippen molar-refractivity contribution >= 4 is 23.0 Å². The van der Waals surface area contributed by atoms with E-state index in [9.17, 15) is 0 Å². The molecule has 0 radical (unpaired) electrons. The molecule has 0 amide bonds. The Labute approximate surface area is 111 Å². The molecule has 1 aromatic rings. The summed E-state index contributed by atoms with van der Waals surface area (Å²) in [5, 5.41) is 2.61. The molecule has 0 aromatic carbocycles. The summed E-state index contributed by atoms with van der Waals surface area (Å²) in [6.07, 6.45) is 11.2. The average molecular weight is 256 g/mol. The van der Waals surface area contributed by atoms with Crippen LogP contribution in [0.25, 0.3) is 11.6 Å². The van der Waals surface area contributed by atoms with Gasteiger partial charge in [-0.05, 0) is 43.7 Å². The van der Waals surface area contributed by atoms with Crippen molar-refractivity contribution in [3.8, 4) is 0 Å².